The van der Waals surface area contributed by atoms with E-state index in [1.165, 1.54) is 0 Å². The molecule has 0 N–H and O–H groups in total. The number of likely N-dealkylation sites (N-methyl/N-ethyl adjacent to an activating group) is 1. The van der Waals surface area contributed by atoms with Gasteiger partial charge in [-0.25, -0.2) is 8.78 Å². The maximum absolute atomic E-state index is 13.3. The number of halogens is 3. The molecule has 1 unspecified atom stereocenters. The third-order valence-corrected chi connectivity index (χ3v) is 2.91. The summed E-state index contributed by atoms with van der Waals surface area (Å²) in [6.07, 6.45) is 3.22. The van der Waals surface area contributed by atoms with Gasteiger partial charge in [0.05, 0.1) is 23.3 Å². The second kappa shape index (κ2) is 3.83. The molecule has 0 bridgehead atoms. The lowest BCUT2D eigenvalue weighted by atomic mass is 10.0. The Morgan fingerprint density at radius 2 is 2.33 bits per heavy atom. The van der Waals surface area contributed by atoms with E-state index >= 15 is 0 Å². The molecule has 15 heavy (non-hydrogen) atoms. The normalized spacial score (nSPS) is 26.8. The van der Waals surface area contributed by atoms with Gasteiger partial charge in [0, 0.05) is 19.2 Å². The Morgan fingerprint density at radius 3 is 2.87 bits per heavy atom. The molecule has 0 aromatic carbocycles. The maximum atomic E-state index is 13.3. The quantitative estimate of drug-likeness (QED) is 0.786. The molecule has 1 aliphatic heterocycles. The lowest BCUT2D eigenvalue weighted by molar-refractivity contribution is -0.0761. The Morgan fingerprint density at radius 1 is 1.60 bits per heavy atom. The molecule has 2 rings (SSSR count). The highest BCUT2D eigenvalue weighted by Crippen LogP contribution is 2.32. The minimum absolute atomic E-state index is 0.133. The predicted octanol–water partition coefficient (Wildman–Crippen LogP) is 2.16. The van der Waals surface area contributed by atoms with Gasteiger partial charge in [0.25, 0.3) is 5.92 Å². The van der Waals surface area contributed by atoms with Crippen molar-refractivity contribution in [2.75, 3.05) is 20.1 Å². The number of alkyl halides is 2. The van der Waals surface area contributed by atoms with E-state index in [2.05, 4.69) is 21.0 Å². The minimum atomic E-state index is -2.61. The van der Waals surface area contributed by atoms with Gasteiger partial charge >= 0.3 is 0 Å². The fourth-order valence-corrected chi connectivity index (χ4v) is 2.29. The average molecular weight is 280 g/mol. The zero-order valence-corrected chi connectivity index (χ0v) is 9.91. The van der Waals surface area contributed by atoms with Gasteiger partial charge in [-0.15, -0.1) is 0 Å². The van der Waals surface area contributed by atoms with E-state index in [4.69, 9.17) is 0 Å². The Hall–Kier alpha value is -0.490. The third kappa shape index (κ3) is 2.55. The van der Waals surface area contributed by atoms with E-state index < -0.39 is 5.92 Å². The SMILES string of the molecule is CN1CC(n2cc(Br)cn2)CC(F)(F)C1. The molecule has 0 saturated carbocycles. The lowest BCUT2D eigenvalue weighted by Gasteiger charge is -2.35. The zero-order valence-electron chi connectivity index (χ0n) is 8.33. The predicted molar refractivity (Wildman–Crippen MR) is 56.0 cm³/mol. The molecule has 1 aliphatic rings. The van der Waals surface area contributed by atoms with E-state index in [-0.39, 0.29) is 19.0 Å². The summed E-state index contributed by atoms with van der Waals surface area (Å²) >= 11 is 3.26. The summed E-state index contributed by atoms with van der Waals surface area (Å²) < 4.78 is 29.0. The van der Waals surface area contributed by atoms with Crippen molar-refractivity contribution in [3.63, 3.8) is 0 Å². The van der Waals surface area contributed by atoms with E-state index in [9.17, 15) is 8.78 Å². The van der Waals surface area contributed by atoms with Crippen LogP contribution in [0.4, 0.5) is 8.78 Å². The summed E-state index contributed by atoms with van der Waals surface area (Å²) in [6, 6.07) is -0.245. The van der Waals surface area contributed by atoms with Crippen LogP contribution < -0.4 is 0 Å². The highest BCUT2D eigenvalue weighted by atomic mass is 79.9. The van der Waals surface area contributed by atoms with Crippen LogP contribution in [0, 0.1) is 0 Å². The summed E-state index contributed by atoms with van der Waals surface area (Å²) in [7, 11) is 1.71. The molecule has 1 saturated heterocycles. The number of hydrogen-bond acceptors (Lipinski definition) is 2. The van der Waals surface area contributed by atoms with Gasteiger partial charge in [-0.3, -0.25) is 9.58 Å². The highest BCUT2D eigenvalue weighted by molar-refractivity contribution is 9.10. The van der Waals surface area contributed by atoms with Crippen LogP contribution in [0.15, 0.2) is 16.9 Å². The molecule has 84 valence electrons. The molecule has 1 atom stereocenters. The van der Waals surface area contributed by atoms with E-state index in [1.54, 1.807) is 29.0 Å². The van der Waals surface area contributed by atoms with Crippen molar-refractivity contribution < 1.29 is 8.78 Å². The summed E-state index contributed by atoms with van der Waals surface area (Å²) in [6.45, 7) is 0.454. The molecule has 0 aliphatic carbocycles. The van der Waals surface area contributed by atoms with Crippen molar-refractivity contribution in [2.24, 2.45) is 0 Å². The average Bonchev–Trinajstić information content (AvgIpc) is 2.48. The van der Waals surface area contributed by atoms with Crippen molar-refractivity contribution in [3.05, 3.63) is 16.9 Å². The molecule has 1 fully saturated rings. The lowest BCUT2D eigenvalue weighted by Crippen LogP contribution is -2.45. The molecule has 1 aromatic rings. The van der Waals surface area contributed by atoms with Gasteiger partial charge in [0.2, 0.25) is 0 Å². The standard InChI is InChI=1S/C9H12BrF2N3/c1-14-5-8(2-9(11,12)6-14)15-4-7(10)3-13-15/h3-4,8H,2,5-6H2,1H3. The summed E-state index contributed by atoms with van der Waals surface area (Å²) in [5.41, 5.74) is 0. The fraction of sp³-hybridized carbons (Fsp3) is 0.667. The van der Waals surface area contributed by atoms with Gasteiger partial charge in [-0.1, -0.05) is 0 Å². The van der Waals surface area contributed by atoms with Gasteiger partial charge in [0.1, 0.15) is 0 Å². The van der Waals surface area contributed by atoms with Gasteiger partial charge in [-0.05, 0) is 23.0 Å². The molecular formula is C9H12BrF2N3. The first kappa shape index (κ1) is 11.0. The first-order valence-corrected chi connectivity index (χ1v) is 5.52. The highest BCUT2D eigenvalue weighted by Gasteiger charge is 2.39. The van der Waals surface area contributed by atoms with Crippen molar-refractivity contribution >= 4 is 15.9 Å². The molecule has 3 nitrogen and oxygen atoms in total. The number of aromatic nitrogens is 2. The van der Waals surface area contributed by atoms with Crippen molar-refractivity contribution in [1.82, 2.24) is 14.7 Å². The van der Waals surface area contributed by atoms with Crippen LogP contribution in [-0.2, 0) is 0 Å². The summed E-state index contributed by atoms with van der Waals surface area (Å²) in [5.74, 6) is -2.61. The fourth-order valence-electron chi connectivity index (χ4n) is 1.98. The zero-order chi connectivity index (χ0) is 11.1. The van der Waals surface area contributed by atoms with E-state index in [0.29, 0.717) is 6.54 Å². The van der Waals surface area contributed by atoms with Crippen LogP contribution in [0.1, 0.15) is 12.5 Å². The largest absolute Gasteiger partial charge is 0.298 e. The number of piperidine rings is 1. The summed E-state index contributed by atoms with van der Waals surface area (Å²) in [4.78, 5) is 1.64. The molecule has 2 heterocycles. The number of hydrogen-bond donors (Lipinski definition) is 0. The minimum Gasteiger partial charge on any atom is -0.298 e. The van der Waals surface area contributed by atoms with Crippen LogP contribution in [0.5, 0.6) is 0 Å². The van der Waals surface area contributed by atoms with Crippen LogP contribution in [0.25, 0.3) is 0 Å². The van der Waals surface area contributed by atoms with Crippen molar-refractivity contribution in [3.8, 4) is 0 Å². The van der Waals surface area contributed by atoms with Gasteiger partial charge < -0.3 is 0 Å². The Labute approximate surface area is 95.2 Å². The van der Waals surface area contributed by atoms with Crippen LogP contribution in [-0.4, -0.2) is 40.7 Å². The van der Waals surface area contributed by atoms with E-state index in [0.717, 1.165) is 4.47 Å². The molecule has 0 amide bonds. The number of rotatable bonds is 1. The van der Waals surface area contributed by atoms with Gasteiger partial charge in [-0.2, -0.15) is 5.10 Å². The van der Waals surface area contributed by atoms with Crippen molar-refractivity contribution in [2.45, 2.75) is 18.4 Å². The smallest absolute Gasteiger partial charge is 0.262 e. The topological polar surface area (TPSA) is 21.1 Å². The molecule has 1 aromatic heterocycles. The third-order valence-electron chi connectivity index (χ3n) is 2.50. The second-order valence-corrected chi connectivity index (χ2v) is 4.96. The maximum Gasteiger partial charge on any atom is 0.262 e. The number of nitrogens with zero attached hydrogens (tertiary/aromatic N) is 3. The monoisotopic (exact) mass is 279 g/mol. The van der Waals surface area contributed by atoms with Crippen LogP contribution in [0.2, 0.25) is 0 Å². The van der Waals surface area contributed by atoms with Gasteiger partial charge in [0.15, 0.2) is 0 Å². The Kier molecular flexibility index (Phi) is 2.81. The molecule has 6 heteroatoms. The first-order chi connectivity index (χ1) is 6.96. The van der Waals surface area contributed by atoms with Crippen molar-refractivity contribution in [1.29, 1.82) is 0 Å². The summed E-state index contributed by atoms with van der Waals surface area (Å²) in [5, 5.41) is 4.05. The molecular weight excluding hydrogens is 268 g/mol. The molecule has 0 spiro atoms. The second-order valence-electron chi connectivity index (χ2n) is 4.05. The van der Waals surface area contributed by atoms with Crippen LogP contribution >= 0.6 is 15.9 Å². The van der Waals surface area contributed by atoms with E-state index in [1.807, 2.05) is 0 Å². The van der Waals surface area contributed by atoms with Crippen LogP contribution in [0.3, 0.4) is 0 Å². The Balaban J connectivity index is 2.16. The Bertz CT molecular complexity index is 353. The number of likely N-dealkylation sites (tertiary alicyclic amines) is 1. The molecule has 0 radical (unpaired) electrons. The first-order valence-electron chi connectivity index (χ1n) is 4.72.